The second kappa shape index (κ2) is 4.53. The summed E-state index contributed by atoms with van der Waals surface area (Å²) in [7, 11) is 0. The second-order valence-corrected chi connectivity index (χ2v) is 6.18. The Labute approximate surface area is 105 Å². The first-order valence-electron chi connectivity index (χ1n) is 6.01. The van der Waals surface area contributed by atoms with E-state index in [0.29, 0.717) is 10.4 Å². The molecule has 1 aromatic heterocycles. The lowest BCUT2D eigenvalue weighted by atomic mass is 10.1. The van der Waals surface area contributed by atoms with Gasteiger partial charge in [-0.3, -0.25) is 0 Å². The maximum Gasteiger partial charge on any atom is 0.143 e. The monoisotopic (exact) mass is 254 g/mol. The number of rotatable bonds is 1. The van der Waals surface area contributed by atoms with E-state index in [4.69, 9.17) is 16.6 Å². The molecule has 1 saturated heterocycles. The topological polar surface area (TPSA) is 25.8 Å². The third kappa shape index (κ3) is 1.95. The molecule has 2 heterocycles. The Morgan fingerprint density at radius 1 is 1.12 bits per heavy atom. The molecule has 1 unspecified atom stereocenters. The molecule has 0 radical (unpaired) electrons. The van der Waals surface area contributed by atoms with E-state index in [1.54, 1.807) is 0 Å². The molecule has 1 fully saturated rings. The first kappa shape index (κ1) is 10.8. The Balaban J connectivity index is 1.92. The van der Waals surface area contributed by atoms with Crippen LogP contribution < -0.4 is 0 Å². The van der Waals surface area contributed by atoms with Crippen LogP contribution >= 0.6 is 23.4 Å². The summed E-state index contributed by atoms with van der Waals surface area (Å²) in [5, 5.41) is 1.20. The van der Waals surface area contributed by atoms with Crippen molar-refractivity contribution in [2.75, 3.05) is 5.75 Å². The van der Waals surface area contributed by atoms with E-state index in [0.717, 1.165) is 18.7 Å². The molecule has 0 N–H and O–H groups in total. The van der Waals surface area contributed by atoms with Gasteiger partial charge in [0.25, 0.3) is 0 Å². The summed E-state index contributed by atoms with van der Waals surface area (Å²) in [6.45, 7) is 0. The average molecular weight is 255 g/mol. The number of aromatic nitrogens is 2. The van der Waals surface area contributed by atoms with Gasteiger partial charge in [-0.1, -0.05) is 18.0 Å². The molecular formula is C12H15ClN2S. The van der Waals surface area contributed by atoms with Crippen molar-refractivity contribution in [1.82, 2.24) is 9.97 Å². The minimum Gasteiger partial charge on any atom is -0.236 e. The minimum atomic E-state index is 0.483. The zero-order chi connectivity index (χ0) is 11.0. The molecule has 1 atom stereocenters. The van der Waals surface area contributed by atoms with Crippen LogP contribution in [0.15, 0.2) is 0 Å². The van der Waals surface area contributed by atoms with Gasteiger partial charge in [-0.15, -0.1) is 0 Å². The number of aryl methyl sites for hydroxylation is 1. The van der Waals surface area contributed by atoms with Gasteiger partial charge in [-0.05, 0) is 37.9 Å². The number of nitrogens with zero attached hydrogens (tertiary/aromatic N) is 2. The summed E-state index contributed by atoms with van der Waals surface area (Å²) in [6.07, 6.45) is 7.18. The summed E-state index contributed by atoms with van der Waals surface area (Å²) >= 11 is 8.22. The maximum absolute atomic E-state index is 6.23. The Kier molecular flexibility index (Phi) is 3.07. The van der Waals surface area contributed by atoms with Crippen LogP contribution in [0.3, 0.4) is 0 Å². The zero-order valence-corrected chi connectivity index (χ0v) is 10.8. The fourth-order valence-corrected chi connectivity index (χ4v) is 4.03. The van der Waals surface area contributed by atoms with Crippen LogP contribution in [0.25, 0.3) is 0 Å². The Bertz CT molecular complexity index is 402. The summed E-state index contributed by atoms with van der Waals surface area (Å²) in [6, 6.07) is 0. The molecule has 16 heavy (non-hydrogen) atoms. The third-order valence-electron chi connectivity index (χ3n) is 3.37. The van der Waals surface area contributed by atoms with Crippen LogP contribution in [-0.4, -0.2) is 15.7 Å². The van der Waals surface area contributed by atoms with Crippen LogP contribution in [0, 0.1) is 0 Å². The zero-order valence-electron chi connectivity index (χ0n) is 9.21. The van der Waals surface area contributed by atoms with Crippen molar-refractivity contribution in [2.24, 2.45) is 0 Å². The molecule has 4 heteroatoms. The number of hydrogen-bond acceptors (Lipinski definition) is 3. The Morgan fingerprint density at radius 3 is 2.88 bits per heavy atom. The molecule has 0 bridgehead atoms. The van der Waals surface area contributed by atoms with Crippen LogP contribution in [0.4, 0.5) is 0 Å². The summed E-state index contributed by atoms with van der Waals surface area (Å²) < 4.78 is 0. The highest BCUT2D eigenvalue weighted by molar-refractivity contribution is 7.99. The van der Waals surface area contributed by atoms with Crippen molar-refractivity contribution < 1.29 is 0 Å². The van der Waals surface area contributed by atoms with Crippen LogP contribution in [0.2, 0.25) is 5.15 Å². The van der Waals surface area contributed by atoms with Crippen molar-refractivity contribution in [3.8, 4) is 0 Å². The van der Waals surface area contributed by atoms with E-state index in [1.807, 2.05) is 11.8 Å². The fraction of sp³-hybridized carbons (Fsp3) is 0.667. The van der Waals surface area contributed by atoms with Gasteiger partial charge in [0.1, 0.15) is 11.0 Å². The van der Waals surface area contributed by atoms with E-state index in [-0.39, 0.29) is 0 Å². The van der Waals surface area contributed by atoms with Crippen molar-refractivity contribution in [2.45, 2.75) is 43.8 Å². The molecule has 0 saturated carbocycles. The summed E-state index contributed by atoms with van der Waals surface area (Å²) in [5.41, 5.74) is 2.41. The molecule has 2 aliphatic rings. The molecule has 3 rings (SSSR count). The number of hydrogen-bond donors (Lipinski definition) is 0. The van der Waals surface area contributed by atoms with Gasteiger partial charge in [0.2, 0.25) is 0 Å². The molecule has 0 spiro atoms. The quantitative estimate of drug-likeness (QED) is 0.717. The highest BCUT2D eigenvalue weighted by atomic mass is 35.5. The minimum absolute atomic E-state index is 0.483. The first-order valence-corrected chi connectivity index (χ1v) is 7.44. The smallest absolute Gasteiger partial charge is 0.143 e. The van der Waals surface area contributed by atoms with Gasteiger partial charge in [0.05, 0.1) is 5.25 Å². The largest absolute Gasteiger partial charge is 0.236 e. The molecule has 1 aliphatic carbocycles. The standard InChI is InChI=1S/C12H15ClN2S/c13-11-8-4-3-5-9(8)14-12(15-11)10-6-1-2-7-16-10/h10H,1-7H2. The van der Waals surface area contributed by atoms with E-state index in [1.165, 1.54) is 42.7 Å². The van der Waals surface area contributed by atoms with Gasteiger partial charge in [-0.2, -0.15) is 11.8 Å². The van der Waals surface area contributed by atoms with Gasteiger partial charge < -0.3 is 0 Å². The van der Waals surface area contributed by atoms with Crippen molar-refractivity contribution in [1.29, 1.82) is 0 Å². The lowest BCUT2D eigenvalue weighted by molar-refractivity contribution is 0.659. The van der Waals surface area contributed by atoms with Gasteiger partial charge in [0.15, 0.2) is 0 Å². The van der Waals surface area contributed by atoms with E-state index in [2.05, 4.69) is 4.98 Å². The summed E-state index contributed by atoms with van der Waals surface area (Å²) in [5.74, 6) is 2.22. The average Bonchev–Trinajstić information content (AvgIpc) is 2.79. The Morgan fingerprint density at radius 2 is 2.06 bits per heavy atom. The molecule has 0 amide bonds. The normalized spacial score (nSPS) is 24.4. The van der Waals surface area contributed by atoms with Crippen molar-refractivity contribution in [3.05, 3.63) is 22.2 Å². The number of halogens is 1. The van der Waals surface area contributed by atoms with Crippen molar-refractivity contribution >= 4 is 23.4 Å². The SMILES string of the molecule is Clc1nc(C2CCCCS2)nc2c1CCC2. The highest BCUT2D eigenvalue weighted by Crippen LogP contribution is 2.38. The number of fused-ring (bicyclic) bond motifs is 1. The first-order chi connectivity index (χ1) is 7.84. The van der Waals surface area contributed by atoms with E-state index in [9.17, 15) is 0 Å². The Hall–Kier alpha value is -0.280. The maximum atomic E-state index is 6.23. The van der Waals surface area contributed by atoms with Gasteiger partial charge >= 0.3 is 0 Å². The highest BCUT2D eigenvalue weighted by Gasteiger charge is 2.23. The van der Waals surface area contributed by atoms with E-state index < -0.39 is 0 Å². The van der Waals surface area contributed by atoms with Crippen LogP contribution in [-0.2, 0) is 12.8 Å². The molecule has 1 aliphatic heterocycles. The van der Waals surface area contributed by atoms with Crippen molar-refractivity contribution in [3.63, 3.8) is 0 Å². The van der Waals surface area contributed by atoms with Gasteiger partial charge in [0, 0.05) is 11.3 Å². The van der Waals surface area contributed by atoms with Crippen LogP contribution in [0.1, 0.15) is 48.0 Å². The molecular weight excluding hydrogens is 240 g/mol. The predicted molar refractivity (Wildman–Crippen MR) is 68.1 cm³/mol. The molecule has 0 aromatic carbocycles. The second-order valence-electron chi connectivity index (χ2n) is 4.51. The van der Waals surface area contributed by atoms with Gasteiger partial charge in [-0.25, -0.2) is 9.97 Å². The summed E-state index contributed by atoms with van der Waals surface area (Å²) in [4.78, 5) is 9.22. The van der Waals surface area contributed by atoms with Crippen LogP contribution in [0.5, 0.6) is 0 Å². The lowest BCUT2D eigenvalue weighted by Gasteiger charge is -2.20. The van der Waals surface area contributed by atoms with E-state index >= 15 is 0 Å². The third-order valence-corrected chi connectivity index (χ3v) is 5.05. The molecule has 2 nitrogen and oxygen atoms in total. The fourth-order valence-electron chi connectivity index (χ4n) is 2.49. The predicted octanol–water partition coefficient (Wildman–Crippen LogP) is 3.58. The molecule has 1 aromatic rings. The lowest BCUT2D eigenvalue weighted by Crippen LogP contribution is -2.09. The number of thioether (sulfide) groups is 1. The molecule has 86 valence electrons.